The molecule has 92 valence electrons. The minimum atomic E-state index is -0.532. The average Bonchev–Trinajstić information content (AvgIpc) is 2.32. The van der Waals surface area contributed by atoms with E-state index in [9.17, 15) is 14.3 Å². The number of aliphatic hydroxyl groups excluding tert-OH is 1. The Morgan fingerprint density at radius 1 is 1.29 bits per heavy atom. The van der Waals surface area contributed by atoms with Gasteiger partial charge in [0.25, 0.3) is 5.91 Å². The van der Waals surface area contributed by atoms with Crippen molar-refractivity contribution in [2.45, 2.75) is 37.8 Å². The van der Waals surface area contributed by atoms with Crippen LogP contribution in [0.5, 0.6) is 0 Å². The Morgan fingerprint density at radius 3 is 2.71 bits per heavy atom. The van der Waals surface area contributed by atoms with Gasteiger partial charge in [0.15, 0.2) is 0 Å². The summed E-state index contributed by atoms with van der Waals surface area (Å²) in [7, 11) is 0. The van der Waals surface area contributed by atoms with Gasteiger partial charge in [0.2, 0.25) is 0 Å². The first-order valence-corrected chi connectivity index (χ1v) is 5.92. The summed E-state index contributed by atoms with van der Waals surface area (Å²) >= 11 is 0. The Labute approximate surface area is 99.7 Å². The largest absolute Gasteiger partial charge is 0.391 e. The lowest BCUT2D eigenvalue weighted by atomic mass is 9.92. The number of aliphatic hydroxyl groups is 1. The van der Waals surface area contributed by atoms with E-state index in [0.717, 1.165) is 19.3 Å². The van der Waals surface area contributed by atoms with Crippen LogP contribution in [0.2, 0.25) is 0 Å². The highest BCUT2D eigenvalue weighted by atomic mass is 19.1. The monoisotopic (exact) mass is 237 g/mol. The van der Waals surface area contributed by atoms with Crippen molar-refractivity contribution in [2.75, 3.05) is 0 Å². The summed E-state index contributed by atoms with van der Waals surface area (Å²) in [5, 5.41) is 12.4. The van der Waals surface area contributed by atoms with Crippen molar-refractivity contribution < 1.29 is 14.3 Å². The van der Waals surface area contributed by atoms with Crippen LogP contribution in [0.3, 0.4) is 0 Å². The number of halogens is 1. The van der Waals surface area contributed by atoms with Crippen LogP contribution in [0, 0.1) is 5.82 Å². The quantitative estimate of drug-likeness (QED) is 0.824. The van der Waals surface area contributed by atoms with Gasteiger partial charge in [0.05, 0.1) is 17.7 Å². The van der Waals surface area contributed by atoms with Crippen LogP contribution >= 0.6 is 0 Å². The highest BCUT2D eigenvalue weighted by Crippen LogP contribution is 2.19. The number of hydrogen-bond donors (Lipinski definition) is 2. The maximum atomic E-state index is 13.4. The number of hydrogen-bond acceptors (Lipinski definition) is 2. The third-order valence-electron chi connectivity index (χ3n) is 3.16. The molecule has 1 fully saturated rings. The fourth-order valence-electron chi connectivity index (χ4n) is 2.17. The summed E-state index contributed by atoms with van der Waals surface area (Å²) in [5.74, 6) is -0.982. The fraction of sp³-hybridized carbons (Fsp3) is 0.462. The van der Waals surface area contributed by atoms with Crippen LogP contribution in [0.1, 0.15) is 36.0 Å². The number of amides is 1. The van der Waals surface area contributed by atoms with Gasteiger partial charge < -0.3 is 10.4 Å². The molecule has 2 N–H and O–H groups in total. The van der Waals surface area contributed by atoms with Crippen molar-refractivity contribution >= 4 is 5.91 Å². The molecule has 0 spiro atoms. The molecule has 2 rings (SSSR count). The van der Waals surface area contributed by atoms with Crippen molar-refractivity contribution in [3.63, 3.8) is 0 Å². The van der Waals surface area contributed by atoms with Crippen LogP contribution in [0.15, 0.2) is 24.3 Å². The molecule has 0 aromatic heterocycles. The van der Waals surface area contributed by atoms with E-state index in [1.165, 1.54) is 12.1 Å². The van der Waals surface area contributed by atoms with Crippen molar-refractivity contribution in [3.8, 4) is 0 Å². The van der Waals surface area contributed by atoms with Gasteiger partial charge in [-0.05, 0) is 25.0 Å². The molecular weight excluding hydrogens is 221 g/mol. The van der Waals surface area contributed by atoms with Crippen molar-refractivity contribution in [1.29, 1.82) is 0 Å². The zero-order valence-corrected chi connectivity index (χ0v) is 9.53. The minimum Gasteiger partial charge on any atom is -0.391 e. The van der Waals surface area contributed by atoms with Crippen molar-refractivity contribution in [3.05, 3.63) is 35.6 Å². The summed E-state index contributed by atoms with van der Waals surface area (Å²) in [5.41, 5.74) is 0.0327. The molecule has 0 aliphatic heterocycles. The fourth-order valence-corrected chi connectivity index (χ4v) is 2.17. The normalized spacial score (nSPS) is 24.4. The zero-order valence-electron chi connectivity index (χ0n) is 9.53. The molecule has 1 aromatic carbocycles. The highest BCUT2D eigenvalue weighted by molar-refractivity contribution is 5.94. The first kappa shape index (κ1) is 12.0. The third kappa shape index (κ3) is 2.82. The third-order valence-corrected chi connectivity index (χ3v) is 3.16. The number of carbonyl (C=O) groups excluding carboxylic acids is 1. The number of carbonyl (C=O) groups is 1. The first-order chi connectivity index (χ1) is 8.18. The standard InChI is InChI=1S/C13H16FNO2/c14-10-6-2-1-5-9(10)13(17)15-11-7-3-4-8-12(11)16/h1-2,5-6,11-12,16H,3-4,7-8H2,(H,15,17)/t11-,12+/m1/s1. The van der Waals surface area contributed by atoms with E-state index in [0.29, 0.717) is 6.42 Å². The van der Waals surface area contributed by atoms with Crippen molar-refractivity contribution in [2.24, 2.45) is 0 Å². The van der Waals surface area contributed by atoms with Gasteiger partial charge in [-0.25, -0.2) is 4.39 Å². The molecule has 3 nitrogen and oxygen atoms in total. The van der Waals surface area contributed by atoms with Crippen LogP contribution in [-0.2, 0) is 0 Å². The molecule has 0 radical (unpaired) electrons. The SMILES string of the molecule is O=C(N[C@@H]1CCCC[C@@H]1O)c1ccccc1F. The topological polar surface area (TPSA) is 49.3 Å². The van der Waals surface area contributed by atoms with Gasteiger partial charge in [0.1, 0.15) is 5.82 Å². The van der Waals surface area contributed by atoms with Gasteiger partial charge in [0, 0.05) is 0 Å². The maximum absolute atomic E-state index is 13.4. The van der Waals surface area contributed by atoms with E-state index in [2.05, 4.69) is 5.32 Å². The molecule has 0 unspecified atom stereocenters. The molecule has 0 bridgehead atoms. The molecule has 1 aliphatic carbocycles. The summed E-state index contributed by atoms with van der Waals surface area (Å²) in [4.78, 5) is 11.8. The van der Waals surface area contributed by atoms with Gasteiger partial charge in [-0.1, -0.05) is 25.0 Å². The van der Waals surface area contributed by atoms with Crippen molar-refractivity contribution in [1.82, 2.24) is 5.32 Å². The molecule has 1 aromatic rings. The Bertz CT molecular complexity index is 408. The molecule has 17 heavy (non-hydrogen) atoms. The molecule has 2 atom stereocenters. The van der Waals surface area contributed by atoms with E-state index in [-0.39, 0.29) is 11.6 Å². The summed E-state index contributed by atoms with van der Waals surface area (Å²) < 4.78 is 13.4. The van der Waals surface area contributed by atoms with Crippen LogP contribution < -0.4 is 5.32 Å². The Hall–Kier alpha value is -1.42. The lowest BCUT2D eigenvalue weighted by molar-refractivity contribution is 0.0714. The summed E-state index contributed by atoms with van der Waals surface area (Å²) in [6.07, 6.45) is 2.90. The smallest absolute Gasteiger partial charge is 0.254 e. The minimum absolute atomic E-state index is 0.0327. The average molecular weight is 237 g/mol. The molecule has 1 amide bonds. The zero-order chi connectivity index (χ0) is 12.3. The predicted molar refractivity (Wildman–Crippen MR) is 62.1 cm³/mol. The summed E-state index contributed by atoms with van der Waals surface area (Å²) in [6, 6.07) is 5.61. The number of rotatable bonds is 2. The lowest BCUT2D eigenvalue weighted by Gasteiger charge is -2.28. The van der Waals surface area contributed by atoms with E-state index < -0.39 is 17.8 Å². The molecule has 4 heteroatoms. The van der Waals surface area contributed by atoms with Gasteiger partial charge in [-0.2, -0.15) is 0 Å². The van der Waals surface area contributed by atoms with E-state index in [4.69, 9.17) is 0 Å². The van der Waals surface area contributed by atoms with Crippen LogP contribution in [0.25, 0.3) is 0 Å². The molecule has 1 saturated carbocycles. The van der Waals surface area contributed by atoms with E-state index in [1.54, 1.807) is 12.1 Å². The maximum Gasteiger partial charge on any atom is 0.254 e. The molecule has 0 saturated heterocycles. The van der Waals surface area contributed by atoms with E-state index >= 15 is 0 Å². The van der Waals surface area contributed by atoms with E-state index in [1.807, 2.05) is 0 Å². The molecular formula is C13H16FNO2. The highest BCUT2D eigenvalue weighted by Gasteiger charge is 2.25. The van der Waals surface area contributed by atoms with Crippen LogP contribution in [0.4, 0.5) is 4.39 Å². The molecule has 0 heterocycles. The second-order valence-electron chi connectivity index (χ2n) is 4.41. The second-order valence-corrected chi connectivity index (χ2v) is 4.41. The second kappa shape index (κ2) is 5.27. The van der Waals surface area contributed by atoms with Gasteiger partial charge >= 0.3 is 0 Å². The Kier molecular flexibility index (Phi) is 3.74. The number of benzene rings is 1. The van der Waals surface area contributed by atoms with Gasteiger partial charge in [-0.3, -0.25) is 4.79 Å². The number of nitrogens with one attached hydrogen (secondary N) is 1. The predicted octanol–water partition coefficient (Wildman–Crippen LogP) is 1.86. The van der Waals surface area contributed by atoms with Gasteiger partial charge in [-0.15, -0.1) is 0 Å². The lowest BCUT2D eigenvalue weighted by Crippen LogP contribution is -2.45. The molecule has 1 aliphatic rings. The van der Waals surface area contributed by atoms with Crippen LogP contribution in [-0.4, -0.2) is 23.2 Å². The Morgan fingerprint density at radius 2 is 2.00 bits per heavy atom. The first-order valence-electron chi connectivity index (χ1n) is 5.92. The Balaban J connectivity index is 2.04. The summed E-state index contributed by atoms with van der Waals surface area (Å²) in [6.45, 7) is 0.